The molecule has 1 aromatic rings. The molecule has 0 aromatic carbocycles. The fourth-order valence-corrected chi connectivity index (χ4v) is 2.43. The molecule has 20 heavy (non-hydrogen) atoms. The number of pyridine rings is 1. The minimum Gasteiger partial charge on any atom is -0.385 e. The van der Waals surface area contributed by atoms with Crippen molar-refractivity contribution in [1.82, 2.24) is 10.3 Å². The van der Waals surface area contributed by atoms with E-state index >= 15 is 0 Å². The van der Waals surface area contributed by atoms with Crippen LogP contribution in [0.25, 0.3) is 0 Å². The van der Waals surface area contributed by atoms with E-state index in [9.17, 15) is 5.11 Å². The first kappa shape index (κ1) is 15.3. The van der Waals surface area contributed by atoms with Gasteiger partial charge in [0.05, 0.1) is 5.69 Å². The number of anilines is 1. The summed E-state index contributed by atoms with van der Waals surface area (Å²) in [5.74, 6) is 0.997. The van der Waals surface area contributed by atoms with Gasteiger partial charge >= 0.3 is 0 Å². The predicted octanol–water partition coefficient (Wildman–Crippen LogP) is 2.49. The second-order valence-corrected chi connectivity index (χ2v) is 6.62. The molecule has 1 unspecified atom stereocenters. The Morgan fingerprint density at radius 3 is 2.60 bits per heavy atom. The van der Waals surface area contributed by atoms with Crippen LogP contribution >= 0.6 is 0 Å². The van der Waals surface area contributed by atoms with E-state index in [-0.39, 0.29) is 5.54 Å². The van der Waals surface area contributed by atoms with Gasteiger partial charge in [-0.15, -0.1) is 0 Å². The zero-order chi connectivity index (χ0) is 14.6. The third-order valence-electron chi connectivity index (χ3n) is 3.60. The van der Waals surface area contributed by atoms with E-state index in [2.05, 4.69) is 36.0 Å². The van der Waals surface area contributed by atoms with Crippen LogP contribution in [-0.4, -0.2) is 35.3 Å². The summed E-state index contributed by atoms with van der Waals surface area (Å²) in [5, 5.41) is 13.6. The summed E-state index contributed by atoms with van der Waals surface area (Å²) in [6.45, 7) is 8.96. The molecule has 1 saturated heterocycles. The molecule has 1 aliphatic rings. The minimum atomic E-state index is -0.557. The Kier molecular flexibility index (Phi) is 5.00. The lowest BCUT2D eigenvalue weighted by Crippen LogP contribution is -2.38. The van der Waals surface area contributed by atoms with E-state index < -0.39 is 6.10 Å². The van der Waals surface area contributed by atoms with Crippen molar-refractivity contribution in [1.29, 1.82) is 0 Å². The smallest absolute Gasteiger partial charge is 0.128 e. The highest BCUT2D eigenvalue weighted by molar-refractivity contribution is 5.39. The van der Waals surface area contributed by atoms with Gasteiger partial charge in [0.25, 0.3) is 0 Å². The molecule has 0 saturated carbocycles. The minimum absolute atomic E-state index is 0.00542. The van der Waals surface area contributed by atoms with Gasteiger partial charge in [-0.05, 0) is 52.2 Å². The molecular weight excluding hydrogens is 250 g/mol. The Balaban J connectivity index is 2.01. The van der Waals surface area contributed by atoms with Gasteiger partial charge in [-0.3, -0.25) is 0 Å². The van der Waals surface area contributed by atoms with Gasteiger partial charge in [-0.1, -0.05) is 6.07 Å². The largest absolute Gasteiger partial charge is 0.385 e. The molecule has 0 amide bonds. The van der Waals surface area contributed by atoms with Gasteiger partial charge in [0.2, 0.25) is 0 Å². The summed E-state index contributed by atoms with van der Waals surface area (Å²) < 4.78 is 0. The topological polar surface area (TPSA) is 48.4 Å². The summed E-state index contributed by atoms with van der Waals surface area (Å²) >= 11 is 0. The molecule has 0 spiro atoms. The number of β-amino-alcohol motifs (C(OH)–C–C–N with tert-alkyl or cyclic N) is 1. The summed E-state index contributed by atoms with van der Waals surface area (Å²) in [6.07, 6.45) is 3.23. The van der Waals surface area contributed by atoms with Crippen molar-refractivity contribution < 1.29 is 5.11 Å². The number of piperidine rings is 1. The van der Waals surface area contributed by atoms with Gasteiger partial charge in [0.1, 0.15) is 11.9 Å². The van der Waals surface area contributed by atoms with Crippen LogP contribution in [0.4, 0.5) is 5.82 Å². The lowest BCUT2D eigenvalue weighted by atomic mass is 10.1. The van der Waals surface area contributed by atoms with E-state index in [1.165, 1.54) is 19.3 Å². The first-order chi connectivity index (χ1) is 9.46. The maximum atomic E-state index is 10.3. The summed E-state index contributed by atoms with van der Waals surface area (Å²) in [4.78, 5) is 6.95. The second kappa shape index (κ2) is 6.55. The number of hydrogen-bond donors (Lipinski definition) is 2. The normalized spacial score (nSPS) is 18.1. The number of nitrogens with one attached hydrogen (secondary N) is 1. The monoisotopic (exact) mass is 277 g/mol. The molecule has 1 atom stereocenters. The number of rotatable bonds is 4. The van der Waals surface area contributed by atoms with Crippen molar-refractivity contribution in [2.45, 2.75) is 51.7 Å². The number of aromatic nitrogens is 1. The zero-order valence-corrected chi connectivity index (χ0v) is 12.9. The molecule has 1 aromatic heterocycles. The van der Waals surface area contributed by atoms with Crippen molar-refractivity contribution in [2.24, 2.45) is 0 Å². The average molecular weight is 277 g/mol. The molecule has 2 rings (SSSR count). The van der Waals surface area contributed by atoms with Gasteiger partial charge in [0.15, 0.2) is 0 Å². The quantitative estimate of drug-likeness (QED) is 0.888. The molecule has 0 radical (unpaired) electrons. The van der Waals surface area contributed by atoms with Crippen LogP contribution < -0.4 is 10.2 Å². The van der Waals surface area contributed by atoms with E-state index in [0.29, 0.717) is 6.54 Å². The highest BCUT2D eigenvalue weighted by Gasteiger charge is 2.17. The SMILES string of the molecule is CC(C)(C)NCC(O)c1cccc(N2CCCCC2)n1. The molecule has 0 bridgehead atoms. The molecule has 1 fully saturated rings. The summed E-state index contributed by atoms with van der Waals surface area (Å²) in [7, 11) is 0. The van der Waals surface area contributed by atoms with Crippen LogP contribution in [0, 0.1) is 0 Å². The summed E-state index contributed by atoms with van der Waals surface area (Å²) in [6, 6.07) is 5.94. The van der Waals surface area contributed by atoms with Crippen LogP contribution in [0.3, 0.4) is 0 Å². The maximum Gasteiger partial charge on any atom is 0.128 e. The first-order valence-electron chi connectivity index (χ1n) is 7.61. The first-order valence-corrected chi connectivity index (χ1v) is 7.61. The highest BCUT2D eigenvalue weighted by Crippen LogP contribution is 2.20. The van der Waals surface area contributed by atoms with Crippen LogP contribution in [0.5, 0.6) is 0 Å². The Hall–Kier alpha value is -1.13. The summed E-state index contributed by atoms with van der Waals surface area (Å²) in [5.41, 5.74) is 0.760. The molecule has 0 aliphatic carbocycles. The predicted molar refractivity (Wildman–Crippen MR) is 83.0 cm³/mol. The van der Waals surface area contributed by atoms with Crippen LogP contribution in [0.2, 0.25) is 0 Å². The molecule has 112 valence electrons. The van der Waals surface area contributed by atoms with E-state index in [1.807, 2.05) is 18.2 Å². The zero-order valence-electron chi connectivity index (χ0n) is 12.9. The molecule has 4 nitrogen and oxygen atoms in total. The third kappa shape index (κ3) is 4.46. The highest BCUT2D eigenvalue weighted by atomic mass is 16.3. The van der Waals surface area contributed by atoms with E-state index in [4.69, 9.17) is 0 Å². The fourth-order valence-electron chi connectivity index (χ4n) is 2.43. The van der Waals surface area contributed by atoms with E-state index in [1.54, 1.807) is 0 Å². The Labute approximate surface area is 122 Å². The lowest BCUT2D eigenvalue weighted by Gasteiger charge is -2.28. The van der Waals surface area contributed by atoms with Gasteiger partial charge < -0.3 is 15.3 Å². The van der Waals surface area contributed by atoms with Crippen molar-refractivity contribution in [3.8, 4) is 0 Å². The third-order valence-corrected chi connectivity index (χ3v) is 3.60. The van der Waals surface area contributed by atoms with E-state index in [0.717, 1.165) is 24.6 Å². The molecule has 2 heterocycles. The van der Waals surface area contributed by atoms with Crippen molar-refractivity contribution in [3.05, 3.63) is 23.9 Å². The Bertz CT molecular complexity index is 422. The van der Waals surface area contributed by atoms with Gasteiger partial charge in [0, 0.05) is 25.2 Å². The van der Waals surface area contributed by atoms with Crippen LogP contribution in [0.1, 0.15) is 51.8 Å². The van der Waals surface area contributed by atoms with Crippen molar-refractivity contribution >= 4 is 5.82 Å². The molecule has 1 aliphatic heterocycles. The molecule has 2 N–H and O–H groups in total. The van der Waals surface area contributed by atoms with Crippen molar-refractivity contribution in [2.75, 3.05) is 24.5 Å². The Morgan fingerprint density at radius 2 is 1.95 bits per heavy atom. The van der Waals surface area contributed by atoms with Crippen LogP contribution in [0.15, 0.2) is 18.2 Å². The number of aliphatic hydroxyl groups excluding tert-OH is 1. The molecular formula is C16H27N3O. The lowest BCUT2D eigenvalue weighted by molar-refractivity contribution is 0.159. The average Bonchev–Trinajstić information content (AvgIpc) is 2.45. The van der Waals surface area contributed by atoms with Crippen molar-refractivity contribution in [3.63, 3.8) is 0 Å². The molecule has 4 heteroatoms. The van der Waals surface area contributed by atoms with Gasteiger partial charge in [-0.2, -0.15) is 0 Å². The maximum absolute atomic E-state index is 10.3. The standard InChI is InChI=1S/C16H27N3O/c1-16(2,3)17-12-14(20)13-8-7-9-15(18-13)19-10-5-4-6-11-19/h7-9,14,17,20H,4-6,10-12H2,1-3H3. The van der Waals surface area contributed by atoms with Gasteiger partial charge in [-0.25, -0.2) is 4.98 Å². The second-order valence-electron chi connectivity index (χ2n) is 6.62. The number of aliphatic hydroxyl groups is 1. The Morgan fingerprint density at radius 1 is 1.25 bits per heavy atom. The number of nitrogens with zero attached hydrogens (tertiary/aromatic N) is 2. The van der Waals surface area contributed by atoms with Crippen LogP contribution in [-0.2, 0) is 0 Å². The number of hydrogen-bond acceptors (Lipinski definition) is 4. The fraction of sp³-hybridized carbons (Fsp3) is 0.688.